The number of halogens is 1. The number of carbonyl (C=O) groups is 1. The highest BCUT2D eigenvalue weighted by molar-refractivity contribution is 5.94. The van der Waals surface area contributed by atoms with Gasteiger partial charge in [-0.05, 0) is 24.6 Å². The van der Waals surface area contributed by atoms with Crippen LogP contribution in [0.4, 0.5) is 4.39 Å². The van der Waals surface area contributed by atoms with E-state index in [9.17, 15) is 9.18 Å². The lowest BCUT2D eigenvalue weighted by Crippen LogP contribution is -2.25. The van der Waals surface area contributed by atoms with Crippen molar-refractivity contribution in [2.24, 2.45) is 0 Å². The fourth-order valence-electron chi connectivity index (χ4n) is 1.67. The van der Waals surface area contributed by atoms with Crippen molar-refractivity contribution in [2.45, 2.75) is 32.6 Å². The fraction of sp³-hybridized carbons (Fsp3) is 0.438. The first kappa shape index (κ1) is 16.2. The molecule has 0 bridgehead atoms. The quantitative estimate of drug-likeness (QED) is 0.620. The Bertz CT molecular complexity index is 503. The summed E-state index contributed by atoms with van der Waals surface area (Å²) in [6, 6.07) is 4.28. The second kappa shape index (κ2) is 9.11. The number of benzene rings is 1. The first-order valence-corrected chi connectivity index (χ1v) is 6.86. The van der Waals surface area contributed by atoms with Crippen molar-refractivity contribution in [2.75, 3.05) is 13.2 Å². The summed E-state index contributed by atoms with van der Waals surface area (Å²) >= 11 is 0. The Morgan fingerprint density at radius 2 is 2.20 bits per heavy atom. The Kier molecular flexibility index (Phi) is 7.38. The van der Waals surface area contributed by atoms with Gasteiger partial charge in [-0.1, -0.05) is 31.6 Å². The van der Waals surface area contributed by atoms with Crippen LogP contribution in [0.3, 0.4) is 0 Å². The molecule has 0 radical (unpaired) electrons. The summed E-state index contributed by atoms with van der Waals surface area (Å²) < 4.78 is 13.8. The van der Waals surface area contributed by atoms with Crippen LogP contribution in [0.15, 0.2) is 18.2 Å². The average Bonchev–Trinajstić information content (AvgIpc) is 2.44. The fourth-order valence-corrected chi connectivity index (χ4v) is 1.67. The molecule has 1 amide bonds. The molecular formula is C16H20FNO2. The third kappa shape index (κ3) is 5.41. The predicted octanol–water partition coefficient (Wildman–Crippen LogP) is 2.48. The summed E-state index contributed by atoms with van der Waals surface area (Å²) in [7, 11) is 0. The van der Waals surface area contributed by atoms with E-state index in [0.717, 1.165) is 19.3 Å². The van der Waals surface area contributed by atoms with Gasteiger partial charge in [-0.25, -0.2) is 4.39 Å². The van der Waals surface area contributed by atoms with Crippen LogP contribution >= 0.6 is 0 Å². The van der Waals surface area contributed by atoms with Crippen molar-refractivity contribution in [3.63, 3.8) is 0 Å². The lowest BCUT2D eigenvalue weighted by atomic mass is 10.1. The minimum atomic E-state index is -0.575. The van der Waals surface area contributed by atoms with E-state index in [2.05, 4.69) is 24.1 Å². The van der Waals surface area contributed by atoms with Crippen LogP contribution in [0.5, 0.6) is 0 Å². The van der Waals surface area contributed by atoms with E-state index >= 15 is 0 Å². The highest BCUT2D eigenvalue weighted by Crippen LogP contribution is 2.10. The summed E-state index contributed by atoms with van der Waals surface area (Å²) in [6.07, 6.45) is 3.36. The van der Waals surface area contributed by atoms with Gasteiger partial charge in [-0.2, -0.15) is 0 Å². The maximum Gasteiger partial charge on any atom is 0.254 e. The summed E-state index contributed by atoms with van der Waals surface area (Å²) in [5.74, 6) is 4.47. The van der Waals surface area contributed by atoms with Crippen LogP contribution in [0, 0.1) is 17.7 Å². The van der Waals surface area contributed by atoms with Gasteiger partial charge in [0.05, 0.1) is 12.2 Å². The van der Waals surface area contributed by atoms with E-state index in [-0.39, 0.29) is 12.2 Å². The number of nitrogens with one attached hydrogen (secondary N) is 1. The zero-order valence-corrected chi connectivity index (χ0v) is 11.7. The topological polar surface area (TPSA) is 49.3 Å². The maximum atomic E-state index is 13.8. The minimum Gasteiger partial charge on any atom is -0.395 e. The second-order valence-corrected chi connectivity index (χ2v) is 4.43. The van der Waals surface area contributed by atoms with Crippen molar-refractivity contribution in [1.29, 1.82) is 0 Å². The molecule has 1 rings (SSSR count). The van der Waals surface area contributed by atoms with Gasteiger partial charge in [0, 0.05) is 18.5 Å². The predicted molar refractivity (Wildman–Crippen MR) is 76.8 cm³/mol. The molecule has 4 heteroatoms. The second-order valence-electron chi connectivity index (χ2n) is 4.43. The molecule has 0 heterocycles. The average molecular weight is 277 g/mol. The Morgan fingerprint density at radius 3 is 2.85 bits per heavy atom. The van der Waals surface area contributed by atoms with Crippen LogP contribution in [0.1, 0.15) is 48.5 Å². The normalized spacial score (nSPS) is 9.75. The monoisotopic (exact) mass is 277 g/mol. The molecule has 108 valence electrons. The zero-order valence-electron chi connectivity index (χ0n) is 11.7. The summed E-state index contributed by atoms with van der Waals surface area (Å²) in [6.45, 7) is 2.62. The molecule has 3 nitrogen and oxygen atoms in total. The van der Waals surface area contributed by atoms with Gasteiger partial charge in [-0.3, -0.25) is 4.79 Å². The van der Waals surface area contributed by atoms with Gasteiger partial charge in [-0.15, -0.1) is 0 Å². The number of aliphatic hydroxyl groups is 1. The van der Waals surface area contributed by atoms with Crippen LogP contribution in [-0.2, 0) is 0 Å². The third-order valence-corrected chi connectivity index (χ3v) is 2.75. The van der Waals surface area contributed by atoms with E-state index in [4.69, 9.17) is 5.11 Å². The number of hydrogen-bond donors (Lipinski definition) is 2. The molecule has 0 saturated carbocycles. The SMILES string of the molecule is CCCCCNC(=O)c1ccc(C#CCCO)cc1F. The molecule has 0 fully saturated rings. The third-order valence-electron chi connectivity index (χ3n) is 2.75. The van der Waals surface area contributed by atoms with Gasteiger partial charge in [0.15, 0.2) is 0 Å². The van der Waals surface area contributed by atoms with Gasteiger partial charge in [0.2, 0.25) is 0 Å². The summed E-state index contributed by atoms with van der Waals surface area (Å²) in [4.78, 5) is 11.8. The Labute approximate surface area is 119 Å². The molecule has 0 aromatic heterocycles. The Morgan fingerprint density at radius 1 is 1.40 bits per heavy atom. The van der Waals surface area contributed by atoms with Gasteiger partial charge >= 0.3 is 0 Å². The van der Waals surface area contributed by atoms with Crippen LogP contribution < -0.4 is 5.32 Å². The lowest BCUT2D eigenvalue weighted by Gasteiger charge is -2.06. The maximum absolute atomic E-state index is 13.8. The van der Waals surface area contributed by atoms with Crippen molar-refractivity contribution in [3.05, 3.63) is 35.1 Å². The summed E-state index contributed by atoms with van der Waals surface area (Å²) in [5.41, 5.74) is 0.535. The minimum absolute atomic E-state index is 0.0201. The molecule has 1 aromatic carbocycles. The van der Waals surface area contributed by atoms with Crippen LogP contribution in [0.2, 0.25) is 0 Å². The van der Waals surface area contributed by atoms with Gasteiger partial charge in [0.25, 0.3) is 5.91 Å². The molecule has 0 spiro atoms. The van der Waals surface area contributed by atoms with Crippen molar-refractivity contribution >= 4 is 5.91 Å². The lowest BCUT2D eigenvalue weighted by molar-refractivity contribution is 0.0949. The zero-order chi connectivity index (χ0) is 14.8. The number of amides is 1. The molecule has 0 aliphatic rings. The van der Waals surface area contributed by atoms with E-state index in [1.54, 1.807) is 6.07 Å². The van der Waals surface area contributed by atoms with Crippen LogP contribution in [-0.4, -0.2) is 24.2 Å². The molecule has 1 aromatic rings. The number of carbonyl (C=O) groups excluding carboxylic acids is 1. The molecule has 0 atom stereocenters. The van der Waals surface area contributed by atoms with Gasteiger partial charge in [0.1, 0.15) is 5.82 Å². The molecule has 0 saturated heterocycles. The number of hydrogen-bond acceptors (Lipinski definition) is 2. The molecule has 0 aliphatic carbocycles. The smallest absolute Gasteiger partial charge is 0.254 e. The first-order valence-electron chi connectivity index (χ1n) is 6.86. The molecule has 0 unspecified atom stereocenters. The Balaban J connectivity index is 2.63. The van der Waals surface area contributed by atoms with E-state index in [1.165, 1.54) is 12.1 Å². The Hall–Kier alpha value is -1.86. The highest BCUT2D eigenvalue weighted by Gasteiger charge is 2.11. The number of rotatable bonds is 6. The molecular weight excluding hydrogens is 257 g/mol. The molecule has 0 aliphatic heterocycles. The molecule has 20 heavy (non-hydrogen) atoms. The number of unbranched alkanes of at least 4 members (excludes halogenated alkanes) is 2. The van der Waals surface area contributed by atoms with Gasteiger partial charge < -0.3 is 10.4 Å². The van der Waals surface area contributed by atoms with Crippen LogP contribution in [0.25, 0.3) is 0 Å². The number of aliphatic hydroxyl groups excluding tert-OH is 1. The summed E-state index contributed by atoms with van der Waals surface area (Å²) in [5, 5.41) is 11.3. The molecule has 2 N–H and O–H groups in total. The highest BCUT2D eigenvalue weighted by atomic mass is 19.1. The van der Waals surface area contributed by atoms with Crippen molar-refractivity contribution in [3.8, 4) is 11.8 Å². The largest absolute Gasteiger partial charge is 0.395 e. The van der Waals surface area contributed by atoms with E-state index < -0.39 is 11.7 Å². The first-order chi connectivity index (χ1) is 9.69. The standard InChI is InChI=1S/C16H20FNO2/c1-2-3-5-10-18-16(20)14-9-8-13(12-15(14)17)7-4-6-11-19/h8-9,12,19H,2-3,5-6,10-11H2,1H3,(H,18,20). The van der Waals surface area contributed by atoms with E-state index in [1.807, 2.05) is 0 Å². The van der Waals surface area contributed by atoms with Crippen molar-refractivity contribution < 1.29 is 14.3 Å². The van der Waals surface area contributed by atoms with Crippen molar-refractivity contribution in [1.82, 2.24) is 5.32 Å². The van der Waals surface area contributed by atoms with E-state index in [0.29, 0.717) is 18.5 Å².